The molecule has 0 saturated carbocycles. The molecule has 1 N–H and O–H groups in total. The number of aryl methyl sites for hydroxylation is 1. The van der Waals surface area contributed by atoms with Crippen LogP contribution in [0.4, 0.5) is 8.78 Å². The van der Waals surface area contributed by atoms with Crippen molar-refractivity contribution < 1.29 is 18.7 Å². The molecule has 5 rings (SSSR count). The maximum Gasteiger partial charge on any atom is 0.304 e. The van der Waals surface area contributed by atoms with E-state index in [-0.39, 0.29) is 17.9 Å². The molecular formula is C25H17Cl2F2NO2S2. The summed E-state index contributed by atoms with van der Waals surface area (Å²) in [6.07, 6.45) is 0.482. The number of hydrogen-bond acceptors (Lipinski definition) is 3. The molecule has 1 atom stereocenters. The van der Waals surface area contributed by atoms with Gasteiger partial charge in [-0.3, -0.25) is 4.79 Å². The molecule has 1 aromatic heterocycles. The van der Waals surface area contributed by atoms with E-state index in [4.69, 9.17) is 23.2 Å². The summed E-state index contributed by atoms with van der Waals surface area (Å²) in [5.41, 5.74) is 0.913. The Morgan fingerprint density at radius 3 is 2.18 bits per heavy atom. The predicted octanol–water partition coefficient (Wildman–Crippen LogP) is 8.49. The number of hydrogen-bond donors (Lipinski definition) is 1. The van der Waals surface area contributed by atoms with Crippen LogP contribution in [-0.4, -0.2) is 15.6 Å². The van der Waals surface area contributed by atoms with E-state index in [9.17, 15) is 14.3 Å². The SMILES string of the molecule is O=C(O)CC1CCn2c1c(Sc1ccc(Cl)cc1)c1c(Sc3ccc(Cl)cc3)cc(F)c(F)c12. The van der Waals surface area contributed by atoms with Gasteiger partial charge in [-0.1, -0.05) is 46.7 Å². The van der Waals surface area contributed by atoms with Crippen LogP contribution in [0.1, 0.15) is 24.5 Å². The number of carboxylic acids is 1. The molecule has 0 fully saturated rings. The van der Waals surface area contributed by atoms with Gasteiger partial charge < -0.3 is 9.67 Å². The van der Waals surface area contributed by atoms with Crippen LogP contribution in [0.5, 0.6) is 0 Å². The normalized spacial score (nSPS) is 15.1. The van der Waals surface area contributed by atoms with Gasteiger partial charge in [0, 0.05) is 53.2 Å². The third-order valence-corrected chi connectivity index (χ3v) is 8.44. The van der Waals surface area contributed by atoms with E-state index in [0.29, 0.717) is 33.3 Å². The number of nitrogens with zero attached hydrogens (tertiary/aromatic N) is 1. The van der Waals surface area contributed by atoms with Crippen LogP contribution < -0.4 is 0 Å². The molecule has 1 aliphatic heterocycles. The number of rotatable bonds is 6. The Balaban J connectivity index is 1.74. The average molecular weight is 536 g/mol. The second-order valence-corrected chi connectivity index (χ2v) is 11.0. The molecule has 0 radical (unpaired) electrons. The van der Waals surface area contributed by atoms with Crippen LogP contribution in [0.15, 0.2) is 74.2 Å². The number of carbonyl (C=O) groups is 1. The third kappa shape index (κ3) is 4.42. The molecule has 2 heterocycles. The van der Waals surface area contributed by atoms with Crippen molar-refractivity contribution in [3.05, 3.63) is 82.0 Å². The van der Waals surface area contributed by atoms with Crippen LogP contribution in [0.25, 0.3) is 10.9 Å². The van der Waals surface area contributed by atoms with E-state index in [0.717, 1.165) is 20.4 Å². The number of carboxylic acid groups (broad SMARTS) is 1. The van der Waals surface area contributed by atoms with Gasteiger partial charge in [0.2, 0.25) is 0 Å². The summed E-state index contributed by atoms with van der Waals surface area (Å²) in [4.78, 5) is 14.6. The second-order valence-electron chi connectivity index (χ2n) is 7.96. The molecule has 174 valence electrons. The number of fused-ring (bicyclic) bond motifs is 3. The Hall–Kier alpha value is -2.19. The maximum atomic E-state index is 15.3. The van der Waals surface area contributed by atoms with Crippen molar-refractivity contribution in [2.24, 2.45) is 0 Å². The van der Waals surface area contributed by atoms with E-state index in [1.54, 1.807) is 28.8 Å². The fraction of sp³-hybridized carbons (Fsp3) is 0.160. The largest absolute Gasteiger partial charge is 0.481 e. The Morgan fingerprint density at radius 1 is 1.00 bits per heavy atom. The number of benzene rings is 3. The maximum absolute atomic E-state index is 15.3. The summed E-state index contributed by atoms with van der Waals surface area (Å²) in [6, 6.07) is 15.6. The molecule has 4 aromatic rings. The fourth-order valence-corrected chi connectivity index (χ4v) is 6.84. The summed E-state index contributed by atoms with van der Waals surface area (Å²) >= 11 is 14.8. The highest BCUT2D eigenvalue weighted by molar-refractivity contribution is 8.00. The molecular weight excluding hydrogens is 519 g/mol. The van der Waals surface area contributed by atoms with Gasteiger partial charge in [0.05, 0.1) is 11.9 Å². The van der Waals surface area contributed by atoms with Crippen molar-refractivity contribution in [2.45, 2.75) is 44.9 Å². The Morgan fingerprint density at radius 2 is 1.59 bits per heavy atom. The lowest BCUT2D eigenvalue weighted by Gasteiger charge is -2.12. The highest BCUT2D eigenvalue weighted by Crippen LogP contribution is 2.51. The third-order valence-electron chi connectivity index (χ3n) is 5.76. The first kappa shape index (κ1) is 23.5. The van der Waals surface area contributed by atoms with Crippen LogP contribution >= 0.6 is 46.7 Å². The Labute approximate surface area is 213 Å². The molecule has 0 saturated heterocycles. The van der Waals surface area contributed by atoms with Crippen molar-refractivity contribution in [3.63, 3.8) is 0 Å². The second kappa shape index (κ2) is 9.46. The monoisotopic (exact) mass is 535 g/mol. The van der Waals surface area contributed by atoms with E-state index in [1.165, 1.54) is 29.6 Å². The van der Waals surface area contributed by atoms with Gasteiger partial charge in [0.1, 0.15) is 0 Å². The topological polar surface area (TPSA) is 42.2 Å². The van der Waals surface area contributed by atoms with Gasteiger partial charge in [-0.25, -0.2) is 8.78 Å². The van der Waals surface area contributed by atoms with E-state index >= 15 is 4.39 Å². The van der Waals surface area contributed by atoms with Crippen LogP contribution in [0.3, 0.4) is 0 Å². The molecule has 0 spiro atoms. The first-order valence-electron chi connectivity index (χ1n) is 10.4. The summed E-state index contributed by atoms with van der Waals surface area (Å²) in [6.45, 7) is 0.427. The lowest BCUT2D eigenvalue weighted by molar-refractivity contribution is -0.137. The van der Waals surface area contributed by atoms with Crippen molar-refractivity contribution in [1.82, 2.24) is 4.57 Å². The van der Waals surface area contributed by atoms with E-state index < -0.39 is 17.6 Å². The number of aliphatic carboxylic acids is 1. The van der Waals surface area contributed by atoms with Crippen molar-refractivity contribution in [2.75, 3.05) is 0 Å². The summed E-state index contributed by atoms with van der Waals surface area (Å²) < 4.78 is 31.8. The van der Waals surface area contributed by atoms with Crippen LogP contribution in [0, 0.1) is 11.6 Å². The zero-order chi connectivity index (χ0) is 24.0. The zero-order valence-corrected chi connectivity index (χ0v) is 20.7. The molecule has 9 heteroatoms. The molecule has 3 aromatic carbocycles. The summed E-state index contributed by atoms with van der Waals surface area (Å²) in [5.74, 6) is -3.08. The zero-order valence-electron chi connectivity index (χ0n) is 17.5. The van der Waals surface area contributed by atoms with Gasteiger partial charge in [-0.05, 0) is 61.0 Å². The molecule has 3 nitrogen and oxygen atoms in total. The highest BCUT2D eigenvalue weighted by atomic mass is 35.5. The highest BCUT2D eigenvalue weighted by Gasteiger charge is 2.34. The van der Waals surface area contributed by atoms with E-state index in [1.807, 2.05) is 24.3 Å². The predicted molar refractivity (Wildman–Crippen MR) is 133 cm³/mol. The summed E-state index contributed by atoms with van der Waals surface area (Å²) in [5, 5.41) is 11.2. The Kier molecular flexibility index (Phi) is 6.55. The summed E-state index contributed by atoms with van der Waals surface area (Å²) in [7, 11) is 0. The molecule has 0 bridgehead atoms. The lowest BCUT2D eigenvalue weighted by atomic mass is 10.00. The fourth-order valence-electron chi connectivity index (χ4n) is 4.34. The van der Waals surface area contributed by atoms with Gasteiger partial charge in [0.15, 0.2) is 11.6 Å². The first-order valence-corrected chi connectivity index (χ1v) is 12.8. The molecule has 1 aliphatic rings. The van der Waals surface area contributed by atoms with Gasteiger partial charge in [0.25, 0.3) is 0 Å². The van der Waals surface area contributed by atoms with Gasteiger partial charge in [-0.15, -0.1) is 0 Å². The minimum atomic E-state index is -0.936. The van der Waals surface area contributed by atoms with Crippen molar-refractivity contribution >= 4 is 63.6 Å². The van der Waals surface area contributed by atoms with Gasteiger partial charge in [-0.2, -0.15) is 0 Å². The van der Waals surface area contributed by atoms with Crippen LogP contribution in [0.2, 0.25) is 10.0 Å². The Bertz CT molecular complexity index is 1410. The van der Waals surface area contributed by atoms with Crippen molar-refractivity contribution in [1.29, 1.82) is 0 Å². The quantitative estimate of drug-likeness (QED) is 0.268. The molecule has 0 aliphatic carbocycles. The molecule has 1 unspecified atom stereocenters. The van der Waals surface area contributed by atoms with Crippen molar-refractivity contribution in [3.8, 4) is 0 Å². The number of halogens is 4. The lowest BCUT2D eigenvalue weighted by Crippen LogP contribution is -2.04. The minimum absolute atomic E-state index is 0.0751. The van der Waals surface area contributed by atoms with Crippen LogP contribution in [-0.2, 0) is 11.3 Å². The molecule has 34 heavy (non-hydrogen) atoms. The minimum Gasteiger partial charge on any atom is -0.481 e. The standard InChI is InChI=1S/C25H17Cl2F2NO2S2/c26-14-1-5-16(6-2-14)33-19-12-18(28)22(29)24-21(19)25(34-17-7-3-15(27)4-8-17)23-13(11-20(31)32)9-10-30(23)24/h1-8,12-13H,9-11H2,(H,31,32). The smallest absolute Gasteiger partial charge is 0.304 e. The average Bonchev–Trinajstić information content (AvgIpc) is 3.34. The number of aromatic nitrogens is 1. The first-order chi connectivity index (χ1) is 16.3. The molecule has 0 amide bonds. The van der Waals surface area contributed by atoms with E-state index in [2.05, 4.69) is 0 Å². The van der Waals surface area contributed by atoms with Gasteiger partial charge >= 0.3 is 5.97 Å².